The molecule has 3 atom stereocenters. The summed E-state index contributed by atoms with van der Waals surface area (Å²) in [5.41, 5.74) is 0. The molecule has 0 bridgehead atoms. The molecule has 0 aromatic rings. The van der Waals surface area contributed by atoms with Gasteiger partial charge in [-0.25, -0.2) is 4.79 Å². The number of esters is 2. The fraction of sp³-hybridized carbons (Fsp3) is 0.800. The van der Waals surface area contributed by atoms with E-state index in [1.165, 1.54) is 0 Å². The molecule has 15 heavy (non-hydrogen) atoms. The maximum Gasteiger partial charge on any atom is 0.330 e. The topological polar surface area (TPSA) is 55.4 Å². The third kappa shape index (κ3) is 3.50. The Morgan fingerprint density at radius 3 is 2.60 bits per heavy atom. The minimum Gasteiger partial charge on any atom is -0.392 e. The van der Waals surface area contributed by atoms with E-state index in [4.69, 9.17) is 4.74 Å². The Hall–Kier alpha value is -0.550. The van der Waals surface area contributed by atoms with Gasteiger partial charge in [0.25, 0.3) is 0 Å². The van der Waals surface area contributed by atoms with Crippen molar-refractivity contribution in [3.8, 4) is 0 Å². The molecule has 0 aromatic heterocycles. The third-order valence-electron chi connectivity index (χ3n) is 2.64. The van der Waals surface area contributed by atoms with E-state index in [-0.39, 0.29) is 17.2 Å². The van der Waals surface area contributed by atoms with Crippen molar-refractivity contribution in [2.45, 2.75) is 38.0 Å². The van der Waals surface area contributed by atoms with Crippen LogP contribution in [0.2, 0.25) is 0 Å². The van der Waals surface area contributed by atoms with Crippen molar-refractivity contribution in [1.29, 1.82) is 0 Å². The number of rotatable bonds is 3. The molecule has 0 aliphatic carbocycles. The van der Waals surface area contributed by atoms with Crippen LogP contribution < -0.4 is 5.32 Å². The van der Waals surface area contributed by atoms with Gasteiger partial charge in [0, 0.05) is 5.25 Å². The summed E-state index contributed by atoms with van der Waals surface area (Å²) in [6.45, 7) is 4.31. The highest BCUT2D eigenvalue weighted by Crippen LogP contribution is 2.13. The van der Waals surface area contributed by atoms with Crippen molar-refractivity contribution in [2.24, 2.45) is 5.92 Å². The van der Waals surface area contributed by atoms with E-state index < -0.39 is 11.9 Å². The number of carbonyl (C=O) groups excluding carboxylic acids is 2. The highest BCUT2D eigenvalue weighted by molar-refractivity contribution is 7.81. The van der Waals surface area contributed by atoms with E-state index in [2.05, 4.69) is 17.9 Å². The van der Waals surface area contributed by atoms with Crippen LogP contribution in [0.5, 0.6) is 0 Å². The predicted molar refractivity (Wildman–Crippen MR) is 59.7 cm³/mol. The molecule has 0 spiro atoms. The minimum atomic E-state index is -0.490. The zero-order chi connectivity index (χ0) is 11.4. The Kier molecular flexibility index (Phi) is 4.60. The molecule has 0 radical (unpaired) electrons. The van der Waals surface area contributed by atoms with Crippen molar-refractivity contribution < 1.29 is 14.3 Å². The average molecular weight is 231 g/mol. The quantitative estimate of drug-likeness (QED) is 0.428. The van der Waals surface area contributed by atoms with Crippen molar-refractivity contribution in [1.82, 2.24) is 5.32 Å². The molecule has 2 unspecified atom stereocenters. The van der Waals surface area contributed by atoms with Gasteiger partial charge in [-0.1, -0.05) is 13.8 Å². The highest BCUT2D eigenvalue weighted by Gasteiger charge is 2.28. The lowest BCUT2D eigenvalue weighted by molar-refractivity contribution is -0.163. The molecule has 86 valence electrons. The Morgan fingerprint density at radius 2 is 2.13 bits per heavy atom. The number of carbonyl (C=O) groups is 2. The SMILES string of the molecule is CC(S)C(C)C(=O)OC(=O)[C@@H]1CCCN1. The molecule has 0 aromatic carbocycles. The van der Waals surface area contributed by atoms with Gasteiger partial charge in [-0.15, -0.1) is 0 Å². The number of thiol groups is 1. The zero-order valence-electron chi connectivity index (χ0n) is 9.03. The van der Waals surface area contributed by atoms with E-state index in [0.717, 1.165) is 19.4 Å². The molecular weight excluding hydrogens is 214 g/mol. The maximum absolute atomic E-state index is 11.5. The molecule has 1 rings (SSSR count). The lowest BCUT2D eigenvalue weighted by Gasteiger charge is -2.14. The lowest BCUT2D eigenvalue weighted by atomic mass is 10.1. The Morgan fingerprint density at radius 1 is 1.47 bits per heavy atom. The van der Waals surface area contributed by atoms with Crippen LogP contribution >= 0.6 is 12.6 Å². The fourth-order valence-electron chi connectivity index (χ4n) is 1.35. The van der Waals surface area contributed by atoms with Gasteiger partial charge >= 0.3 is 11.9 Å². The van der Waals surface area contributed by atoms with Crippen LogP contribution in [-0.2, 0) is 14.3 Å². The van der Waals surface area contributed by atoms with Crippen LogP contribution in [0.15, 0.2) is 0 Å². The van der Waals surface area contributed by atoms with Crippen LogP contribution in [-0.4, -0.2) is 29.8 Å². The standard InChI is InChI=1S/C10H17NO3S/c1-6(7(2)15)9(12)14-10(13)8-4-3-5-11-8/h6-8,11,15H,3-5H2,1-2H3/t6?,7?,8-/m0/s1. The number of ether oxygens (including phenoxy) is 1. The first-order valence-corrected chi connectivity index (χ1v) is 5.71. The minimum absolute atomic E-state index is 0.109. The Balaban J connectivity index is 2.40. The lowest BCUT2D eigenvalue weighted by Crippen LogP contribution is -2.36. The van der Waals surface area contributed by atoms with Crippen molar-refractivity contribution in [3.63, 3.8) is 0 Å². The second kappa shape index (κ2) is 5.51. The van der Waals surface area contributed by atoms with Gasteiger partial charge in [0.1, 0.15) is 6.04 Å². The third-order valence-corrected chi connectivity index (χ3v) is 3.09. The normalized spacial score (nSPS) is 24.6. The summed E-state index contributed by atoms with van der Waals surface area (Å²) in [4.78, 5) is 22.9. The van der Waals surface area contributed by atoms with Crippen LogP contribution in [0.3, 0.4) is 0 Å². The molecule has 1 aliphatic rings. The molecule has 1 N–H and O–H groups in total. The Bertz CT molecular complexity index is 237. The number of hydrogen-bond donors (Lipinski definition) is 2. The first-order chi connectivity index (χ1) is 7.02. The van der Waals surface area contributed by atoms with Gasteiger partial charge in [0.05, 0.1) is 5.92 Å². The first-order valence-electron chi connectivity index (χ1n) is 5.19. The van der Waals surface area contributed by atoms with Crippen molar-refractivity contribution >= 4 is 24.6 Å². The van der Waals surface area contributed by atoms with E-state index in [1.54, 1.807) is 13.8 Å². The Labute approximate surface area is 95.2 Å². The van der Waals surface area contributed by atoms with Crippen LogP contribution in [0.4, 0.5) is 0 Å². The smallest absolute Gasteiger partial charge is 0.330 e. The molecule has 0 amide bonds. The number of hydrogen-bond acceptors (Lipinski definition) is 5. The van der Waals surface area contributed by atoms with E-state index in [0.29, 0.717) is 0 Å². The van der Waals surface area contributed by atoms with E-state index in [9.17, 15) is 9.59 Å². The molecular formula is C10H17NO3S. The van der Waals surface area contributed by atoms with Gasteiger partial charge in [-0.05, 0) is 19.4 Å². The van der Waals surface area contributed by atoms with Gasteiger partial charge in [-0.2, -0.15) is 12.6 Å². The highest BCUT2D eigenvalue weighted by atomic mass is 32.1. The van der Waals surface area contributed by atoms with Crippen molar-refractivity contribution in [3.05, 3.63) is 0 Å². The average Bonchev–Trinajstić information content (AvgIpc) is 2.68. The summed E-state index contributed by atoms with van der Waals surface area (Å²) in [5.74, 6) is -1.31. The van der Waals surface area contributed by atoms with Crippen LogP contribution in [0.25, 0.3) is 0 Å². The van der Waals surface area contributed by atoms with Crippen LogP contribution in [0, 0.1) is 5.92 Å². The first kappa shape index (κ1) is 12.5. The van der Waals surface area contributed by atoms with Crippen molar-refractivity contribution in [2.75, 3.05) is 6.54 Å². The van der Waals surface area contributed by atoms with Gasteiger partial charge in [0.2, 0.25) is 0 Å². The summed E-state index contributed by atoms with van der Waals surface area (Å²) >= 11 is 4.14. The summed E-state index contributed by atoms with van der Waals surface area (Å²) in [6, 6.07) is -0.309. The van der Waals surface area contributed by atoms with Gasteiger partial charge in [-0.3, -0.25) is 4.79 Å². The van der Waals surface area contributed by atoms with E-state index in [1.807, 2.05) is 0 Å². The van der Waals surface area contributed by atoms with Crippen LogP contribution in [0.1, 0.15) is 26.7 Å². The molecule has 1 fully saturated rings. The predicted octanol–water partition coefficient (Wildman–Crippen LogP) is 0.763. The molecule has 1 heterocycles. The van der Waals surface area contributed by atoms with E-state index >= 15 is 0 Å². The molecule has 5 heteroatoms. The second-order valence-corrected chi connectivity index (χ2v) is 4.73. The summed E-state index contributed by atoms with van der Waals surface area (Å²) in [7, 11) is 0. The van der Waals surface area contributed by atoms with Gasteiger partial charge in [0.15, 0.2) is 0 Å². The zero-order valence-corrected chi connectivity index (χ0v) is 9.92. The molecule has 4 nitrogen and oxygen atoms in total. The fourth-order valence-corrected chi connectivity index (χ4v) is 1.47. The molecule has 1 aliphatic heterocycles. The summed E-state index contributed by atoms with van der Waals surface area (Å²) in [5, 5.41) is 2.87. The number of nitrogens with one attached hydrogen (secondary N) is 1. The summed E-state index contributed by atoms with van der Waals surface area (Å²) < 4.78 is 4.77. The monoisotopic (exact) mass is 231 g/mol. The second-order valence-electron chi connectivity index (χ2n) is 3.92. The maximum atomic E-state index is 11.5. The molecule has 1 saturated heterocycles. The molecule has 0 saturated carbocycles. The van der Waals surface area contributed by atoms with Gasteiger partial charge < -0.3 is 10.1 Å². The largest absolute Gasteiger partial charge is 0.392 e. The summed E-state index contributed by atoms with van der Waals surface area (Å²) in [6.07, 6.45) is 1.70.